The largest absolute Gasteiger partial charge is 0.379 e. The van der Waals surface area contributed by atoms with Gasteiger partial charge in [0.2, 0.25) is 11.8 Å². The van der Waals surface area contributed by atoms with E-state index in [2.05, 4.69) is 10.6 Å². The number of nitrogens with two attached hydrogens (primary N) is 1. The van der Waals surface area contributed by atoms with Crippen LogP contribution in [-0.2, 0) is 14.3 Å². The molecular weight excluding hydrogens is 222 g/mol. The minimum atomic E-state index is -0.724. The van der Waals surface area contributed by atoms with Crippen LogP contribution in [0.5, 0.6) is 0 Å². The van der Waals surface area contributed by atoms with Crippen molar-refractivity contribution in [3.63, 3.8) is 0 Å². The number of hydrogen-bond acceptors (Lipinski definition) is 4. The van der Waals surface area contributed by atoms with E-state index in [4.69, 9.17) is 10.5 Å². The number of rotatable bonds is 2. The van der Waals surface area contributed by atoms with Gasteiger partial charge in [0, 0.05) is 12.6 Å². The molecule has 2 amide bonds. The Morgan fingerprint density at radius 3 is 3.00 bits per heavy atom. The zero-order valence-corrected chi connectivity index (χ0v) is 9.99. The van der Waals surface area contributed by atoms with Gasteiger partial charge < -0.3 is 21.1 Å². The third kappa shape index (κ3) is 2.28. The number of hydrogen-bond donors (Lipinski definition) is 3. The Morgan fingerprint density at radius 1 is 1.65 bits per heavy atom. The molecule has 4 N–H and O–H groups in total. The average molecular weight is 241 g/mol. The fourth-order valence-corrected chi connectivity index (χ4v) is 2.16. The smallest absolute Gasteiger partial charge is 0.242 e. The lowest BCUT2D eigenvalue weighted by atomic mass is 9.84. The van der Waals surface area contributed by atoms with Crippen LogP contribution in [-0.4, -0.2) is 43.7 Å². The van der Waals surface area contributed by atoms with E-state index < -0.39 is 11.5 Å². The van der Waals surface area contributed by atoms with E-state index in [9.17, 15) is 9.59 Å². The number of piperidine rings is 1. The second-order valence-electron chi connectivity index (χ2n) is 5.00. The molecule has 2 rings (SSSR count). The van der Waals surface area contributed by atoms with Gasteiger partial charge in [-0.1, -0.05) is 0 Å². The van der Waals surface area contributed by atoms with Gasteiger partial charge in [0.1, 0.15) is 6.04 Å². The van der Waals surface area contributed by atoms with E-state index in [0.717, 1.165) is 6.42 Å². The molecule has 2 aliphatic heterocycles. The van der Waals surface area contributed by atoms with Crippen molar-refractivity contribution in [2.45, 2.75) is 31.8 Å². The highest BCUT2D eigenvalue weighted by Crippen LogP contribution is 2.27. The Morgan fingerprint density at radius 2 is 2.41 bits per heavy atom. The van der Waals surface area contributed by atoms with Crippen LogP contribution in [0.3, 0.4) is 0 Å². The zero-order chi connectivity index (χ0) is 12.5. The summed E-state index contributed by atoms with van der Waals surface area (Å²) in [6.45, 7) is 3.17. The van der Waals surface area contributed by atoms with E-state index in [1.54, 1.807) is 6.92 Å². The molecule has 0 aromatic rings. The van der Waals surface area contributed by atoms with Crippen LogP contribution in [0, 0.1) is 5.41 Å². The minimum Gasteiger partial charge on any atom is -0.379 e. The Labute approximate surface area is 100 Å². The maximum absolute atomic E-state index is 12.1. The van der Waals surface area contributed by atoms with Gasteiger partial charge in [-0.2, -0.15) is 0 Å². The van der Waals surface area contributed by atoms with Crippen LogP contribution in [0.25, 0.3) is 0 Å². The Hall–Kier alpha value is -1.14. The lowest BCUT2D eigenvalue weighted by Crippen LogP contribution is -2.57. The SMILES string of the molecule is CC1(C(=O)NC2CCCNC2=O)COCC1N. The van der Waals surface area contributed by atoms with E-state index in [-0.39, 0.29) is 17.9 Å². The number of amides is 2. The average Bonchev–Trinajstić information content (AvgIpc) is 2.64. The molecule has 2 fully saturated rings. The van der Waals surface area contributed by atoms with E-state index in [0.29, 0.717) is 26.2 Å². The van der Waals surface area contributed by atoms with Crippen molar-refractivity contribution in [1.29, 1.82) is 0 Å². The first-order valence-electron chi connectivity index (χ1n) is 5.96. The van der Waals surface area contributed by atoms with E-state index in [1.165, 1.54) is 0 Å². The molecule has 0 spiro atoms. The molecule has 0 bridgehead atoms. The molecule has 0 aliphatic carbocycles. The number of carbonyl (C=O) groups is 2. The van der Waals surface area contributed by atoms with Gasteiger partial charge in [-0.15, -0.1) is 0 Å². The van der Waals surface area contributed by atoms with Gasteiger partial charge in [-0.05, 0) is 19.8 Å². The van der Waals surface area contributed by atoms with Gasteiger partial charge in [0.05, 0.1) is 18.6 Å². The van der Waals surface area contributed by atoms with Crippen LogP contribution in [0.15, 0.2) is 0 Å². The van der Waals surface area contributed by atoms with Gasteiger partial charge in [-0.3, -0.25) is 9.59 Å². The molecule has 96 valence electrons. The maximum atomic E-state index is 12.1. The highest BCUT2D eigenvalue weighted by molar-refractivity contribution is 5.90. The Balaban J connectivity index is 1.98. The summed E-state index contributed by atoms with van der Waals surface area (Å²) in [6.07, 6.45) is 1.57. The molecule has 0 radical (unpaired) electrons. The summed E-state index contributed by atoms with van der Waals surface area (Å²) in [5, 5.41) is 5.51. The van der Waals surface area contributed by atoms with Gasteiger partial charge in [-0.25, -0.2) is 0 Å². The van der Waals surface area contributed by atoms with Crippen molar-refractivity contribution >= 4 is 11.8 Å². The quantitative estimate of drug-likeness (QED) is 0.563. The van der Waals surface area contributed by atoms with Crippen LogP contribution < -0.4 is 16.4 Å². The summed E-state index contributed by atoms with van der Waals surface area (Å²) in [4.78, 5) is 23.7. The molecular formula is C11H19N3O3. The molecule has 2 heterocycles. The summed E-state index contributed by atoms with van der Waals surface area (Å²) in [5.74, 6) is -0.301. The summed E-state index contributed by atoms with van der Waals surface area (Å²) in [6, 6.07) is -0.741. The zero-order valence-electron chi connectivity index (χ0n) is 9.99. The van der Waals surface area contributed by atoms with Crippen molar-refractivity contribution in [2.75, 3.05) is 19.8 Å². The topological polar surface area (TPSA) is 93.5 Å². The maximum Gasteiger partial charge on any atom is 0.242 e. The number of nitrogens with one attached hydrogen (secondary N) is 2. The van der Waals surface area contributed by atoms with Crippen LogP contribution in [0.1, 0.15) is 19.8 Å². The first-order valence-corrected chi connectivity index (χ1v) is 5.96. The molecule has 6 nitrogen and oxygen atoms in total. The van der Waals surface area contributed by atoms with Crippen molar-refractivity contribution in [2.24, 2.45) is 11.1 Å². The third-order valence-electron chi connectivity index (χ3n) is 3.63. The van der Waals surface area contributed by atoms with Crippen molar-refractivity contribution in [1.82, 2.24) is 10.6 Å². The van der Waals surface area contributed by atoms with Crippen molar-refractivity contribution < 1.29 is 14.3 Å². The molecule has 0 saturated carbocycles. The number of carbonyl (C=O) groups excluding carboxylic acids is 2. The standard InChI is InChI=1S/C11H19N3O3/c1-11(6-17-5-8(11)12)10(16)14-7-3-2-4-13-9(7)15/h7-8H,2-6,12H2,1H3,(H,13,15)(H,14,16). The Bertz CT molecular complexity index is 334. The first-order chi connectivity index (χ1) is 8.04. The molecule has 2 aliphatic rings. The molecule has 0 aromatic carbocycles. The van der Waals surface area contributed by atoms with Gasteiger partial charge in [0.15, 0.2) is 0 Å². The second-order valence-corrected chi connectivity index (χ2v) is 5.00. The van der Waals surface area contributed by atoms with E-state index in [1.807, 2.05) is 0 Å². The monoisotopic (exact) mass is 241 g/mol. The normalized spacial score (nSPS) is 37.6. The minimum absolute atomic E-state index is 0.110. The van der Waals surface area contributed by atoms with Crippen molar-refractivity contribution in [3.05, 3.63) is 0 Å². The second kappa shape index (κ2) is 4.62. The summed E-state index contributed by atoms with van der Waals surface area (Å²) in [5.41, 5.74) is 5.14. The highest BCUT2D eigenvalue weighted by atomic mass is 16.5. The third-order valence-corrected chi connectivity index (χ3v) is 3.63. The molecule has 3 atom stereocenters. The summed E-state index contributed by atoms with van der Waals surface area (Å²) >= 11 is 0. The summed E-state index contributed by atoms with van der Waals surface area (Å²) < 4.78 is 5.22. The predicted octanol–water partition coefficient (Wildman–Crippen LogP) is -1.25. The molecule has 3 unspecified atom stereocenters. The lowest BCUT2D eigenvalue weighted by Gasteiger charge is -2.29. The van der Waals surface area contributed by atoms with Crippen molar-refractivity contribution in [3.8, 4) is 0 Å². The van der Waals surface area contributed by atoms with E-state index >= 15 is 0 Å². The highest BCUT2D eigenvalue weighted by Gasteiger charge is 2.45. The molecule has 2 saturated heterocycles. The van der Waals surface area contributed by atoms with Gasteiger partial charge >= 0.3 is 0 Å². The summed E-state index contributed by atoms with van der Waals surface area (Å²) in [7, 11) is 0. The van der Waals surface area contributed by atoms with Crippen LogP contribution in [0.2, 0.25) is 0 Å². The van der Waals surface area contributed by atoms with Gasteiger partial charge in [0.25, 0.3) is 0 Å². The molecule has 17 heavy (non-hydrogen) atoms. The Kier molecular flexibility index (Phi) is 3.35. The van der Waals surface area contributed by atoms with Crippen LogP contribution in [0.4, 0.5) is 0 Å². The molecule has 6 heteroatoms. The first kappa shape index (κ1) is 12.3. The fourth-order valence-electron chi connectivity index (χ4n) is 2.16. The fraction of sp³-hybridized carbons (Fsp3) is 0.818. The van der Waals surface area contributed by atoms with Crippen LogP contribution >= 0.6 is 0 Å². The number of ether oxygens (including phenoxy) is 1. The lowest BCUT2D eigenvalue weighted by molar-refractivity contribution is -0.135. The molecule has 0 aromatic heterocycles. The predicted molar refractivity (Wildman–Crippen MR) is 61.1 cm³/mol.